The molecular formula is C26H25Cl2NO3. The van der Waals surface area contributed by atoms with Crippen LogP contribution in [0, 0.1) is 11.3 Å². The van der Waals surface area contributed by atoms with Crippen molar-refractivity contribution in [2.24, 2.45) is 16.3 Å². The molecule has 4 rings (SSSR count). The zero-order valence-electron chi connectivity index (χ0n) is 18.3. The number of hydrogen-bond donors (Lipinski definition) is 0. The maximum Gasteiger partial charge on any atom is 0.315 e. The summed E-state index contributed by atoms with van der Waals surface area (Å²) < 4.78 is 5.69. The predicted molar refractivity (Wildman–Crippen MR) is 127 cm³/mol. The molecule has 4 nitrogen and oxygen atoms in total. The second kappa shape index (κ2) is 8.84. The van der Waals surface area contributed by atoms with Crippen LogP contribution in [0.2, 0.25) is 10.0 Å². The third kappa shape index (κ3) is 4.39. The summed E-state index contributed by atoms with van der Waals surface area (Å²) in [5.41, 5.74) is 3.25. The largest absolute Gasteiger partial charge is 0.460 e. The Balaban J connectivity index is 1.77. The second-order valence-corrected chi connectivity index (χ2v) is 10.0. The van der Waals surface area contributed by atoms with Gasteiger partial charge in [-0.1, -0.05) is 79.5 Å². The van der Waals surface area contributed by atoms with Crippen LogP contribution in [0.5, 0.6) is 0 Å². The molecule has 0 bridgehead atoms. The summed E-state index contributed by atoms with van der Waals surface area (Å²) in [6.07, 6.45) is 1.05. The summed E-state index contributed by atoms with van der Waals surface area (Å²) in [4.78, 5) is 31.4. The number of benzene rings is 2. The molecule has 2 atom stereocenters. The van der Waals surface area contributed by atoms with Gasteiger partial charge < -0.3 is 4.74 Å². The number of nitrogens with zero attached hydrogens (tertiary/aromatic N) is 1. The first-order valence-electron chi connectivity index (χ1n) is 10.6. The van der Waals surface area contributed by atoms with Crippen molar-refractivity contribution in [3.8, 4) is 0 Å². The van der Waals surface area contributed by atoms with Crippen LogP contribution in [0.1, 0.15) is 50.7 Å². The number of hydrogen-bond acceptors (Lipinski definition) is 4. The van der Waals surface area contributed by atoms with Crippen LogP contribution in [0.4, 0.5) is 0 Å². The van der Waals surface area contributed by atoms with Gasteiger partial charge in [0.15, 0.2) is 5.78 Å². The molecule has 0 saturated heterocycles. The van der Waals surface area contributed by atoms with Crippen molar-refractivity contribution in [3.63, 3.8) is 0 Å². The quantitative estimate of drug-likeness (QED) is 0.476. The van der Waals surface area contributed by atoms with E-state index in [0.717, 1.165) is 11.3 Å². The van der Waals surface area contributed by atoms with Crippen LogP contribution in [0.15, 0.2) is 64.8 Å². The Morgan fingerprint density at radius 3 is 2.53 bits per heavy atom. The van der Waals surface area contributed by atoms with E-state index in [0.29, 0.717) is 39.7 Å². The van der Waals surface area contributed by atoms with E-state index in [9.17, 15) is 9.59 Å². The van der Waals surface area contributed by atoms with Gasteiger partial charge in [0.05, 0.1) is 10.0 Å². The minimum absolute atomic E-state index is 0.00518. The van der Waals surface area contributed by atoms with Crippen LogP contribution in [0.25, 0.3) is 0 Å². The van der Waals surface area contributed by atoms with Crippen molar-refractivity contribution in [1.82, 2.24) is 0 Å². The number of aliphatic imine (C=N–C) groups is 1. The number of allylic oxidation sites excluding steroid dienone is 2. The molecule has 0 N–H and O–H groups in total. The van der Waals surface area contributed by atoms with Crippen LogP contribution in [-0.2, 0) is 20.9 Å². The molecule has 166 valence electrons. The van der Waals surface area contributed by atoms with Crippen LogP contribution in [-0.4, -0.2) is 17.5 Å². The van der Waals surface area contributed by atoms with Crippen molar-refractivity contribution >= 4 is 40.7 Å². The summed E-state index contributed by atoms with van der Waals surface area (Å²) in [7, 11) is 0. The number of carbonyl (C=O) groups is 2. The van der Waals surface area contributed by atoms with Gasteiger partial charge in [0.2, 0.25) is 0 Å². The van der Waals surface area contributed by atoms with E-state index in [4.69, 9.17) is 32.9 Å². The molecular weight excluding hydrogens is 445 g/mol. The topological polar surface area (TPSA) is 55.7 Å². The fraction of sp³-hybridized carbons (Fsp3) is 0.346. The zero-order valence-corrected chi connectivity index (χ0v) is 19.8. The Labute approximate surface area is 198 Å². The highest BCUT2D eigenvalue weighted by molar-refractivity contribution is 6.42. The lowest BCUT2D eigenvalue weighted by molar-refractivity contribution is -0.148. The first-order chi connectivity index (χ1) is 15.2. The van der Waals surface area contributed by atoms with Gasteiger partial charge in [0.25, 0.3) is 0 Å². The van der Waals surface area contributed by atoms with Crippen molar-refractivity contribution in [1.29, 1.82) is 0 Å². The van der Waals surface area contributed by atoms with Gasteiger partial charge in [-0.25, -0.2) is 0 Å². The molecule has 0 aromatic heterocycles. The number of carbonyl (C=O) groups excluding carboxylic acids is 2. The molecule has 1 aliphatic carbocycles. The lowest BCUT2D eigenvalue weighted by Gasteiger charge is -2.39. The van der Waals surface area contributed by atoms with E-state index in [2.05, 4.69) is 13.8 Å². The molecule has 1 aliphatic heterocycles. The van der Waals surface area contributed by atoms with Crippen molar-refractivity contribution in [3.05, 3.63) is 81.0 Å². The maximum absolute atomic E-state index is 13.4. The first-order valence-corrected chi connectivity index (χ1v) is 11.4. The molecule has 0 fully saturated rings. The third-order valence-corrected chi connectivity index (χ3v) is 6.93. The monoisotopic (exact) mass is 469 g/mol. The van der Waals surface area contributed by atoms with Crippen LogP contribution in [0.3, 0.4) is 0 Å². The van der Waals surface area contributed by atoms with Gasteiger partial charge in [-0.3, -0.25) is 14.6 Å². The Morgan fingerprint density at radius 1 is 1.09 bits per heavy atom. The molecule has 2 aromatic carbocycles. The number of rotatable bonds is 4. The van der Waals surface area contributed by atoms with Crippen LogP contribution < -0.4 is 0 Å². The van der Waals surface area contributed by atoms with E-state index < -0.39 is 17.8 Å². The summed E-state index contributed by atoms with van der Waals surface area (Å²) in [5, 5.41) is 0.727. The smallest absolute Gasteiger partial charge is 0.315 e. The van der Waals surface area contributed by atoms with Gasteiger partial charge in [0.1, 0.15) is 12.5 Å². The van der Waals surface area contributed by atoms with Gasteiger partial charge in [-0.15, -0.1) is 0 Å². The Kier molecular flexibility index (Phi) is 6.28. The molecule has 1 heterocycles. The molecule has 2 aromatic rings. The molecule has 0 saturated carbocycles. The van der Waals surface area contributed by atoms with Gasteiger partial charge in [-0.2, -0.15) is 0 Å². The average molecular weight is 470 g/mol. The normalized spacial score (nSPS) is 22.3. The lowest BCUT2D eigenvalue weighted by Crippen LogP contribution is -2.39. The molecule has 6 heteroatoms. The van der Waals surface area contributed by atoms with Crippen molar-refractivity contribution in [2.75, 3.05) is 0 Å². The number of ketones is 1. The number of esters is 1. The van der Waals surface area contributed by atoms with Gasteiger partial charge in [0, 0.05) is 29.3 Å². The highest BCUT2D eigenvalue weighted by Gasteiger charge is 2.46. The summed E-state index contributed by atoms with van der Waals surface area (Å²) in [5.74, 6) is -1.77. The summed E-state index contributed by atoms with van der Waals surface area (Å²) in [6, 6.07) is 14.8. The Bertz CT molecular complexity index is 1140. The highest BCUT2D eigenvalue weighted by Crippen LogP contribution is 2.49. The molecule has 0 amide bonds. The standard InChI is InChI=1S/C26H25Cl2NO3/c1-15-21(25(31)32-14-16-8-5-4-6-9-16)22(17-10-7-11-18(27)24(17)28)23-19(29-15)12-26(2,3)13-20(23)30/h4-11,21-22H,12-14H2,1-3H3/t21?,22-/m1/s1. The molecule has 2 aliphatic rings. The SMILES string of the molecule is CC1=NC2=C(C(=O)CC(C)(C)C2)[C@H](c2cccc(Cl)c2Cl)C1C(=O)OCc1ccccc1. The van der Waals surface area contributed by atoms with Crippen molar-refractivity contribution < 1.29 is 14.3 Å². The minimum atomic E-state index is -0.751. The Morgan fingerprint density at radius 2 is 1.81 bits per heavy atom. The lowest BCUT2D eigenvalue weighted by atomic mass is 9.67. The molecule has 32 heavy (non-hydrogen) atoms. The van der Waals surface area contributed by atoms with E-state index in [1.54, 1.807) is 12.1 Å². The van der Waals surface area contributed by atoms with Crippen molar-refractivity contribution in [2.45, 2.75) is 46.1 Å². The van der Waals surface area contributed by atoms with E-state index in [1.165, 1.54) is 0 Å². The fourth-order valence-electron chi connectivity index (χ4n) is 4.67. The second-order valence-electron chi connectivity index (χ2n) is 9.25. The molecule has 0 spiro atoms. The van der Waals surface area contributed by atoms with E-state index in [1.807, 2.05) is 43.3 Å². The van der Waals surface area contributed by atoms with Gasteiger partial charge in [-0.05, 0) is 36.0 Å². The number of Topliss-reactive ketones (excluding diaryl/α,β-unsaturated/α-hetero) is 1. The average Bonchev–Trinajstić information content (AvgIpc) is 2.73. The Hall–Kier alpha value is -2.43. The first kappa shape index (κ1) is 22.8. The highest BCUT2D eigenvalue weighted by atomic mass is 35.5. The van der Waals surface area contributed by atoms with E-state index >= 15 is 0 Å². The predicted octanol–water partition coefficient (Wildman–Crippen LogP) is 6.55. The number of halogens is 2. The minimum Gasteiger partial charge on any atom is -0.460 e. The zero-order chi connectivity index (χ0) is 23.0. The summed E-state index contributed by atoms with van der Waals surface area (Å²) in [6.45, 7) is 6.07. The molecule has 1 unspecified atom stereocenters. The maximum atomic E-state index is 13.4. The van der Waals surface area contributed by atoms with Gasteiger partial charge >= 0.3 is 5.97 Å². The van der Waals surface area contributed by atoms with Crippen LogP contribution >= 0.6 is 23.2 Å². The summed E-state index contributed by atoms with van der Waals surface area (Å²) >= 11 is 12.9. The van der Waals surface area contributed by atoms with E-state index in [-0.39, 0.29) is 17.8 Å². The number of ether oxygens (including phenoxy) is 1. The molecule has 0 radical (unpaired) electrons. The fourth-order valence-corrected chi connectivity index (χ4v) is 5.09. The third-order valence-electron chi connectivity index (χ3n) is 6.10.